The van der Waals surface area contributed by atoms with Crippen LogP contribution in [-0.4, -0.2) is 15.0 Å². The Morgan fingerprint density at radius 3 is 1.44 bits per heavy atom. The van der Waals surface area contributed by atoms with Crippen LogP contribution in [0.2, 0.25) is 0 Å². The summed E-state index contributed by atoms with van der Waals surface area (Å²) in [6.07, 6.45) is 0. The first kappa shape index (κ1) is 17.3. The molecule has 2 aromatic carbocycles. The number of hydrogen-bond acceptors (Lipinski definition) is 2. The zero-order chi connectivity index (χ0) is 17.5. The minimum absolute atomic E-state index is 0.681. The van der Waals surface area contributed by atoms with Crippen LogP contribution in [0.4, 0.5) is 0 Å². The average Bonchev–Trinajstić information content (AvgIpc) is 3.16. The van der Waals surface area contributed by atoms with Crippen LogP contribution in [-0.2, 0) is 13.1 Å². The van der Waals surface area contributed by atoms with Gasteiger partial charge in [0.2, 0.25) is 0 Å². The molecular weight excluding hydrogens is 346 g/mol. The second-order valence-corrected chi connectivity index (χ2v) is 6.44. The Hall–Kier alpha value is -2.50. The topological polar surface area (TPSA) is 39.8 Å². The first-order valence-corrected chi connectivity index (χ1v) is 8.87. The molecule has 5 heteroatoms. The van der Waals surface area contributed by atoms with Gasteiger partial charge in [-0.1, -0.05) is 85.1 Å². The van der Waals surface area contributed by atoms with Gasteiger partial charge in [-0.05, 0) is 23.3 Å². The van der Waals surface area contributed by atoms with Gasteiger partial charge in [-0.25, -0.2) is 0 Å². The van der Waals surface area contributed by atoms with Crippen molar-refractivity contribution in [2.45, 2.75) is 13.1 Å². The van der Waals surface area contributed by atoms with Crippen LogP contribution < -0.4 is 10.6 Å². The molecule has 1 heterocycles. The Balaban J connectivity index is 1.54. The van der Waals surface area contributed by atoms with Crippen LogP contribution in [0.1, 0.15) is 22.5 Å². The Morgan fingerprint density at radius 2 is 1.04 bits per heavy atom. The molecule has 25 heavy (non-hydrogen) atoms. The summed E-state index contributed by atoms with van der Waals surface area (Å²) in [6, 6.07) is 24.2. The third-order valence-electron chi connectivity index (χ3n) is 3.77. The molecule has 0 saturated carbocycles. The monoisotopic (exact) mass is 365 g/mol. The Morgan fingerprint density at radius 1 is 0.640 bits per heavy atom. The normalized spacial score (nSPS) is 10.2. The molecule has 3 aromatic rings. The molecule has 0 aliphatic heterocycles. The third-order valence-corrected chi connectivity index (χ3v) is 4.50. The first-order chi connectivity index (χ1) is 12.2. The number of aromatic nitrogens is 1. The molecule has 0 radical (unpaired) electrons. The van der Waals surface area contributed by atoms with Crippen molar-refractivity contribution in [3.63, 3.8) is 0 Å². The predicted octanol–water partition coefficient (Wildman–Crippen LogP) is 3.95. The van der Waals surface area contributed by atoms with Crippen molar-refractivity contribution < 1.29 is 0 Å². The number of thiocarbonyl (C=S) groups is 2. The highest BCUT2D eigenvalue weighted by molar-refractivity contribution is 7.81. The van der Waals surface area contributed by atoms with Crippen molar-refractivity contribution in [3.05, 3.63) is 95.3 Å². The summed E-state index contributed by atoms with van der Waals surface area (Å²) in [4.78, 5) is 4.64. The minimum atomic E-state index is 0.681. The van der Waals surface area contributed by atoms with Crippen LogP contribution in [0, 0.1) is 0 Å². The van der Waals surface area contributed by atoms with E-state index in [1.807, 2.05) is 48.5 Å². The van der Waals surface area contributed by atoms with E-state index in [-0.39, 0.29) is 0 Å². The summed E-state index contributed by atoms with van der Waals surface area (Å²) in [7, 11) is 0. The molecule has 3 N–H and O–H groups in total. The van der Waals surface area contributed by atoms with Gasteiger partial charge >= 0.3 is 0 Å². The molecule has 3 nitrogen and oxygen atoms in total. The second kappa shape index (κ2) is 8.55. The largest absolute Gasteiger partial charge is 0.371 e. The van der Waals surface area contributed by atoms with Crippen molar-refractivity contribution in [2.75, 3.05) is 0 Å². The van der Waals surface area contributed by atoms with Crippen LogP contribution in [0.15, 0.2) is 72.8 Å². The molecular formula is C20H19N3S2. The SMILES string of the molecule is S=C(NCc1ccccc1)c1ccc(C(=S)NCc2ccccc2)[nH]1. The number of H-pyrrole nitrogens is 1. The number of nitrogens with one attached hydrogen (secondary N) is 3. The molecule has 0 amide bonds. The third kappa shape index (κ3) is 4.98. The predicted molar refractivity (Wildman–Crippen MR) is 111 cm³/mol. The molecule has 126 valence electrons. The van der Waals surface area contributed by atoms with Gasteiger partial charge in [-0.2, -0.15) is 0 Å². The van der Waals surface area contributed by atoms with E-state index in [0.29, 0.717) is 23.1 Å². The lowest BCUT2D eigenvalue weighted by molar-refractivity contribution is 0.920. The first-order valence-electron chi connectivity index (χ1n) is 8.05. The van der Waals surface area contributed by atoms with Crippen molar-refractivity contribution in [2.24, 2.45) is 0 Å². The molecule has 0 aliphatic rings. The quantitative estimate of drug-likeness (QED) is 0.579. The fourth-order valence-corrected chi connectivity index (χ4v) is 2.79. The van der Waals surface area contributed by atoms with Gasteiger partial charge in [0.05, 0.1) is 11.4 Å². The van der Waals surface area contributed by atoms with Gasteiger partial charge in [0.25, 0.3) is 0 Å². The molecule has 0 bridgehead atoms. The van der Waals surface area contributed by atoms with Crippen LogP contribution >= 0.6 is 24.4 Å². The average molecular weight is 366 g/mol. The zero-order valence-electron chi connectivity index (χ0n) is 13.7. The van der Waals surface area contributed by atoms with Gasteiger partial charge in [0.15, 0.2) is 0 Å². The maximum Gasteiger partial charge on any atom is 0.123 e. The van der Waals surface area contributed by atoms with Crippen LogP contribution in [0.25, 0.3) is 0 Å². The van der Waals surface area contributed by atoms with Gasteiger partial charge < -0.3 is 15.6 Å². The summed E-state index contributed by atoms with van der Waals surface area (Å²) < 4.78 is 0. The highest BCUT2D eigenvalue weighted by Gasteiger charge is 2.08. The number of aromatic amines is 1. The standard InChI is InChI=1S/C20H19N3S2/c24-19(21-13-15-7-3-1-4-8-15)17-11-12-18(23-17)20(25)22-14-16-9-5-2-6-10-16/h1-12,23H,13-14H2,(H,21,24)(H,22,25). The molecule has 3 rings (SSSR count). The van der Waals surface area contributed by atoms with E-state index in [9.17, 15) is 0 Å². The Bertz CT molecular complexity index is 772. The van der Waals surface area contributed by atoms with Crippen molar-refractivity contribution in [3.8, 4) is 0 Å². The van der Waals surface area contributed by atoms with E-state index in [2.05, 4.69) is 39.9 Å². The molecule has 0 saturated heterocycles. The minimum Gasteiger partial charge on any atom is -0.371 e. The Kier molecular flexibility index (Phi) is 5.93. The molecule has 0 fully saturated rings. The lowest BCUT2D eigenvalue weighted by atomic mass is 10.2. The summed E-state index contributed by atoms with van der Waals surface area (Å²) in [5.74, 6) is 0. The van der Waals surface area contributed by atoms with E-state index in [4.69, 9.17) is 24.4 Å². The van der Waals surface area contributed by atoms with E-state index in [1.165, 1.54) is 11.1 Å². The number of rotatable bonds is 6. The van der Waals surface area contributed by atoms with Gasteiger partial charge in [-0.3, -0.25) is 0 Å². The van der Waals surface area contributed by atoms with Gasteiger partial charge in [0.1, 0.15) is 9.98 Å². The van der Waals surface area contributed by atoms with Gasteiger partial charge in [0, 0.05) is 13.1 Å². The van der Waals surface area contributed by atoms with E-state index >= 15 is 0 Å². The number of hydrogen-bond donors (Lipinski definition) is 3. The fraction of sp³-hybridized carbons (Fsp3) is 0.100. The van der Waals surface area contributed by atoms with Crippen molar-refractivity contribution >= 4 is 34.4 Å². The van der Waals surface area contributed by atoms with Crippen molar-refractivity contribution in [1.29, 1.82) is 0 Å². The summed E-state index contributed by atoms with van der Waals surface area (Å²) in [5.41, 5.74) is 4.11. The second-order valence-electron chi connectivity index (χ2n) is 5.62. The maximum absolute atomic E-state index is 5.45. The highest BCUT2D eigenvalue weighted by Crippen LogP contribution is 2.06. The molecule has 0 aliphatic carbocycles. The van der Waals surface area contributed by atoms with Crippen LogP contribution in [0.5, 0.6) is 0 Å². The van der Waals surface area contributed by atoms with E-state index in [0.717, 1.165) is 11.4 Å². The zero-order valence-corrected chi connectivity index (χ0v) is 15.3. The van der Waals surface area contributed by atoms with Crippen molar-refractivity contribution in [1.82, 2.24) is 15.6 Å². The smallest absolute Gasteiger partial charge is 0.123 e. The van der Waals surface area contributed by atoms with Gasteiger partial charge in [-0.15, -0.1) is 0 Å². The molecule has 1 aromatic heterocycles. The maximum atomic E-state index is 5.45. The lowest BCUT2D eigenvalue weighted by Gasteiger charge is -2.08. The molecule has 0 atom stereocenters. The fourth-order valence-electron chi connectivity index (χ4n) is 2.41. The van der Waals surface area contributed by atoms with Crippen LogP contribution in [0.3, 0.4) is 0 Å². The van der Waals surface area contributed by atoms with E-state index in [1.54, 1.807) is 0 Å². The summed E-state index contributed by atoms with van der Waals surface area (Å²) in [5, 5.41) is 6.52. The lowest BCUT2D eigenvalue weighted by Crippen LogP contribution is -2.24. The Labute approximate surface area is 158 Å². The summed E-state index contributed by atoms with van der Waals surface area (Å²) >= 11 is 10.9. The molecule has 0 unspecified atom stereocenters. The van der Waals surface area contributed by atoms with E-state index < -0.39 is 0 Å². The summed E-state index contributed by atoms with van der Waals surface area (Å²) in [6.45, 7) is 1.40. The molecule has 0 spiro atoms. The highest BCUT2D eigenvalue weighted by atomic mass is 32.1. The number of benzene rings is 2.